The first-order valence-corrected chi connectivity index (χ1v) is 8.02. The Balaban J connectivity index is 1.68. The fourth-order valence-corrected chi connectivity index (χ4v) is 2.75. The Morgan fingerprint density at radius 3 is 2.19 bits per heavy atom. The monoisotopic (exact) mass is 377 g/mol. The number of halogens is 3. The van der Waals surface area contributed by atoms with Crippen molar-refractivity contribution < 1.29 is 32.3 Å². The number of benzene rings is 2. The van der Waals surface area contributed by atoms with Crippen molar-refractivity contribution in [2.24, 2.45) is 5.92 Å². The first-order valence-electron chi connectivity index (χ1n) is 8.02. The minimum absolute atomic E-state index is 0.0405. The first-order chi connectivity index (χ1) is 12.8. The van der Waals surface area contributed by atoms with Crippen LogP contribution >= 0.6 is 0 Å². The molecule has 0 bridgehead atoms. The number of esters is 1. The summed E-state index contributed by atoms with van der Waals surface area (Å²) in [6, 6.07) is 12.3. The molecule has 1 fully saturated rings. The zero-order chi connectivity index (χ0) is 19.6. The second-order valence-electron chi connectivity index (χ2n) is 6.00. The Hall–Kier alpha value is -3.16. The highest BCUT2D eigenvalue weighted by Crippen LogP contribution is 2.31. The Morgan fingerprint density at radius 2 is 1.63 bits per heavy atom. The van der Waals surface area contributed by atoms with Crippen molar-refractivity contribution in [2.45, 2.75) is 18.7 Å². The standard InChI is InChI=1S/C19H14F3NO4/c20-19(21,22)12-6-8-13(9-7-12)23-17(25)16-14(24)10-15(27-18(16)26)11-4-2-1-3-5-11/h1-9,15-16H,10H2,(H,23,25). The molecule has 140 valence electrons. The van der Waals surface area contributed by atoms with Crippen LogP contribution in [0.4, 0.5) is 18.9 Å². The summed E-state index contributed by atoms with van der Waals surface area (Å²) in [4.78, 5) is 36.7. The van der Waals surface area contributed by atoms with Gasteiger partial charge < -0.3 is 10.1 Å². The van der Waals surface area contributed by atoms with Gasteiger partial charge in [0.25, 0.3) is 0 Å². The van der Waals surface area contributed by atoms with E-state index < -0.39 is 41.4 Å². The Morgan fingerprint density at radius 1 is 1.00 bits per heavy atom. The van der Waals surface area contributed by atoms with Crippen LogP contribution in [0.1, 0.15) is 23.7 Å². The molecule has 5 nitrogen and oxygen atoms in total. The molecule has 2 aromatic rings. The average Bonchev–Trinajstić information content (AvgIpc) is 2.61. The smallest absolute Gasteiger partial charge is 0.416 e. The largest absolute Gasteiger partial charge is 0.456 e. The maximum absolute atomic E-state index is 12.6. The summed E-state index contributed by atoms with van der Waals surface area (Å²) in [6.45, 7) is 0. The topological polar surface area (TPSA) is 72.5 Å². The van der Waals surface area contributed by atoms with Gasteiger partial charge in [0, 0.05) is 12.1 Å². The van der Waals surface area contributed by atoms with Crippen molar-refractivity contribution in [2.75, 3.05) is 5.32 Å². The summed E-state index contributed by atoms with van der Waals surface area (Å²) in [7, 11) is 0. The third-order valence-electron chi connectivity index (χ3n) is 4.12. The molecule has 1 amide bonds. The van der Waals surface area contributed by atoms with Gasteiger partial charge in [0.2, 0.25) is 5.91 Å². The number of hydrogen-bond acceptors (Lipinski definition) is 4. The molecule has 0 saturated carbocycles. The minimum atomic E-state index is -4.50. The molecule has 2 aromatic carbocycles. The lowest BCUT2D eigenvalue weighted by atomic mass is 9.92. The van der Waals surface area contributed by atoms with Crippen LogP contribution in [-0.4, -0.2) is 17.7 Å². The van der Waals surface area contributed by atoms with E-state index >= 15 is 0 Å². The van der Waals surface area contributed by atoms with Gasteiger partial charge in [-0.2, -0.15) is 13.2 Å². The quantitative estimate of drug-likeness (QED) is 0.656. The third kappa shape index (κ3) is 4.16. The Bertz CT molecular complexity index is 845. The van der Waals surface area contributed by atoms with Crippen molar-refractivity contribution in [3.8, 4) is 0 Å². The highest BCUT2D eigenvalue weighted by Gasteiger charge is 2.42. The molecular weight excluding hydrogens is 363 g/mol. The van der Waals surface area contributed by atoms with Crippen LogP contribution < -0.4 is 5.32 Å². The number of anilines is 1. The number of carbonyl (C=O) groups excluding carboxylic acids is 3. The lowest BCUT2D eigenvalue weighted by Crippen LogP contribution is -2.42. The van der Waals surface area contributed by atoms with Crippen LogP contribution in [-0.2, 0) is 25.3 Å². The van der Waals surface area contributed by atoms with Crippen LogP contribution in [0.25, 0.3) is 0 Å². The number of Topliss-reactive ketones (excluding diaryl/α,β-unsaturated/α-hetero) is 1. The first kappa shape index (κ1) is 18.6. The van der Waals surface area contributed by atoms with Gasteiger partial charge in [-0.25, -0.2) is 0 Å². The van der Waals surface area contributed by atoms with E-state index in [4.69, 9.17) is 4.74 Å². The average molecular weight is 377 g/mol. The zero-order valence-electron chi connectivity index (χ0n) is 13.8. The normalized spacial score (nSPS) is 20.1. The summed E-state index contributed by atoms with van der Waals surface area (Å²) in [5, 5.41) is 2.28. The molecule has 8 heteroatoms. The van der Waals surface area contributed by atoms with Crippen LogP contribution in [0.3, 0.4) is 0 Å². The number of ketones is 1. The number of carbonyl (C=O) groups is 3. The van der Waals surface area contributed by atoms with Crippen molar-refractivity contribution in [1.82, 2.24) is 0 Å². The zero-order valence-corrected chi connectivity index (χ0v) is 13.8. The van der Waals surface area contributed by atoms with Crippen molar-refractivity contribution in [3.63, 3.8) is 0 Å². The van der Waals surface area contributed by atoms with E-state index in [2.05, 4.69) is 5.32 Å². The second kappa shape index (κ2) is 7.22. The molecule has 3 rings (SSSR count). The van der Waals surface area contributed by atoms with Gasteiger partial charge in [-0.15, -0.1) is 0 Å². The molecule has 2 atom stereocenters. The van der Waals surface area contributed by atoms with E-state index in [0.29, 0.717) is 5.56 Å². The predicted molar refractivity (Wildman–Crippen MR) is 88.5 cm³/mol. The van der Waals surface area contributed by atoms with E-state index in [0.717, 1.165) is 24.3 Å². The summed E-state index contributed by atoms with van der Waals surface area (Å²) >= 11 is 0. The fourth-order valence-electron chi connectivity index (χ4n) is 2.75. The summed E-state index contributed by atoms with van der Waals surface area (Å²) < 4.78 is 42.9. The number of rotatable bonds is 3. The second-order valence-corrected chi connectivity index (χ2v) is 6.00. The molecule has 0 radical (unpaired) electrons. The molecule has 1 heterocycles. The van der Waals surface area contributed by atoms with Gasteiger partial charge in [-0.3, -0.25) is 14.4 Å². The van der Waals surface area contributed by atoms with Gasteiger partial charge in [0.15, 0.2) is 11.7 Å². The molecule has 2 unspecified atom stereocenters. The molecule has 1 aliphatic rings. The lowest BCUT2D eigenvalue weighted by molar-refractivity contribution is -0.166. The molecule has 0 spiro atoms. The van der Waals surface area contributed by atoms with E-state index in [1.54, 1.807) is 30.3 Å². The highest BCUT2D eigenvalue weighted by molar-refractivity contribution is 6.21. The Kier molecular flexibility index (Phi) is 4.98. The molecule has 0 aromatic heterocycles. The van der Waals surface area contributed by atoms with Gasteiger partial charge in [-0.05, 0) is 29.8 Å². The maximum atomic E-state index is 12.6. The summed E-state index contributed by atoms with van der Waals surface area (Å²) in [6.07, 6.45) is -5.42. The van der Waals surface area contributed by atoms with Crippen LogP contribution in [0, 0.1) is 5.92 Å². The van der Waals surface area contributed by atoms with Crippen LogP contribution in [0.15, 0.2) is 54.6 Å². The predicted octanol–water partition coefficient (Wildman–Crippen LogP) is 3.52. The molecule has 0 aliphatic carbocycles. The molecule has 1 saturated heterocycles. The summed E-state index contributed by atoms with van der Waals surface area (Å²) in [5.74, 6) is -4.17. The number of amides is 1. The van der Waals surface area contributed by atoms with Gasteiger partial charge in [-0.1, -0.05) is 30.3 Å². The fraction of sp³-hybridized carbons (Fsp3) is 0.211. The van der Waals surface area contributed by atoms with E-state index in [9.17, 15) is 27.6 Å². The highest BCUT2D eigenvalue weighted by atomic mass is 19.4. The maximum Gasteiger partial charge on any atom is 0.416 e. The van der Waals surface area contributed by atoms with Gasteiger partial charge in [0.1, 0.15) is 6.10 Å². The van der Waals surface area contributed by atoms with Gasteiger partial charge in [0.05, 0.1) is 5.56 Å². The number of alkyl halides is 3. The van der Waals surface area contributed by atoms with Crippen molar-refractivity contribution in [1.29, 1.82) is 0 Å². The van der Waals surface area contributed by atoms with Crippen molar-refractivity contribution >= 4 is 23.3 Å². The number of ether oxygens (including phenoxy) is 1. The lowest BCUT2D eigenvalue weighted by Gasteiger charge is -2.26. The molecule has 27 heavy (non-hydrogen) atoms. The summed E-state index contributed by atoms with van der Waals surface area (Å²) in [5.41, 5.74) is -0.195. The number of cyclic esters (lactones) is 1. The number of nitrogens with one attached hydrogen (secondary N) is 1. The van der Waals surface area contributed by atoms with Crippen LogP contribution in [0.5, 0.6) is 0 Å². The molecule has 1 aliphatic heterocycles. The van der Waals surface area contributed by atoms with E-state index in [-0.39, 0.29) is 12.1 Å². The van der Waals surface area contributed by atoms with E-state index in [1.165, 1.54) is 0 Å². The molecule has 1 N–H and O–H groups in total. The number of hydrogen-bond donors (Lipinski definition) is 1. The third-order valence-corrected chi connectivity index (χ3v) is 4.12. The molecular formula is C19H14F3NO4. The van der Waals surface area contributed by atoms with E-state index in [1.807, 2.05) is 0 Å². The van der Waals surface area contributed by atoms with Crippen molar-refractivity contribution in [3.05, 3.63) is 65.7 Å². The Labute approximate surface area is 152 Å². The minimum Gasteiger partial charge on any atom is -0.456 e. The van der Waals surface area contributed by atoms with Crippen LogP contribution in [0.2, 0.25) is 0 Å². The van der Waals surface area contributed by atoms with Gasteiger partial charge >= 0.3 is 12.1 Å². The SMILES string of the molecule is O=C1CC(c2ccccc2)OC(=O)C1C(=O)Nc1ccc(C(F)(F)F)cc1.